The Morgan fingerprint density at radius 2 is 1.75 bits per heavy atom. The monoisotopic (exact) mass is 308 g/mol. The largest absolute Gasteiger partial charge is 0.0801 e. The van der Waals surface area contributed by atoms with Gasteiger partial charge in [0.25, 0.3) is 0 Å². The number of hydrogen-bond acceptors (Lipinski definition) is 0. The molecule has 24 heavy (non-hydrogen) atoms. The first-order valence-corrected chi connectivity index (χ1v) is 8.73. The summed E-state index contributed by atoms with van der Waals surface area (Å²) in [4.78, 5) is 0. The molecule has 0 aromatic carbocycles. The smallest absolute Gasteiger partial charge is 0.0448 e. The van der Waals surface area contributed by atoms with Gasteiger partial charge in [-0.25, -0.2) is 0 Å². The standard InChI is InChI=1S/C24H20/c1-4-10-20-17-23(18-21(20)11-5-1)14-7-8-15-24(23)16-13-19-9-3-2-6-12-22(19)24/h1-10,12-19H,11H2. The van der Waals surface area contributed by atoms with Crippen molar-refractivity contribution in [3.63, 3.8) is 0 Å². The van der Waals surface area contributed by atoms with Crippen molar-refractivity contribution in [3.05, 3.63) is 120 Å². The lowest BCUT2D eigenvalue weighted by Gasteiger charge is -2.43. The van der Waals surface area contributed by atoms with Crippen molar-refractivity contribution in [2.75, 3.05) is 0 Å². The van der Waals surface area contributed by atoms with E-state index in [0.717, 1.165) is 6.42 Å². The molecular formula is C24H20. The molecular weight excluding hydrogens is 288 g/mol. The first-order valence-electron chi connectivity index (χ1n) is 8.73. The van der Waals surface area contributed by atoms with Crippen molar-refractivity contribution in [2.24, 2.45) is 16.7 Å². The van der Waals surface area contributed by atoms with Gasteiger partial charge in [-0.05, 0) is 23.1 Å². The summed E-state index contributed by atoms with van der Waals surface area (Å²) in [6.45, 7) is 0. The first-order chi connectivity index (χ1) is 11.8. The van der Waals surface area contributed by atoms with Gasteiger partial charge in [-0.1, -0.05) is 103 Å². The average Bonchev–Trinajstić information content (AvgIpc) is 2.90. The molecule has 0 radical (unpaired) electrons. The van der Waals surface area contributed by atoms with Crippen LogP contribution in [0.2, 0.25) is 0 Å². The summed E-state index contributed by atoms with van der Waals surface area (Å²) in [5, 5.41) is 0. The minimum absolute atomic E-state index is 0.0881. The molecule has 5 aliphatic rings. The molecule has 5 aliphatic carbocycles. The maximum absolute atomic E-state index is 2.49. The summed E-state index contributed by atoms with van der Waals surface area (Å²) in [6, 6.07) is 0. The fraction of sp³-hybridized carbons (Fsp3) is 0.167. The highest BCUT2D eigenvalue weighted by Gasteiger charge is 2.52. The van der Waals surface area contributed by atoms with Crippen LogP contribution in [-0.4, -0.2) is 0 Å². The molecule has 0 heteroatoms. The van der Waals surface area contributed by atoms with Gasteiger partial charge in [-0.2, -0.15) is 0 Å². The Morgan fingerprint density at radius 1 is 0.792 bits per heavy atom. The van der Waals surface area contributed by atoms with E-state index in [4.69, 9.17) is 0 Å². The van der Waals surface area contributed by atoms with Crippen LogP contribution >= 0.6 is 0 Å². The van der Waals surface area contributed by atoms with Crippen LogP contribution in [-0.2, 0) is 0 Å². The molecule has 0 bridgehead atoms. The highest BCUT2D eigenvalue weighted by atomic mass is 14.5. The van der Waals surface area contributed by atoms with Gasteiger partial charge in [-0.15, -0.1) is 0 Å². The van der Waals surface area contributed by atoms with E-state index >= 15 is 0 Å². The lowest BCUT2D eigenvalue weighted by molar-refractivity contribution is 0.384. The van der Waals surface area contributed by atoms with Crippen LogP contribution in [0.1, 0.15) is 6.42 Å². The first kappa shape index (κ1) is 13.8. The van der Waals surface area contributed by atoms with Crippen LogP contribution in [0.25, 0.3) is 0 Å². The molecule has 0 saturated heterocycles. The Morgan fingerprint density at radius 3 is 2.75 bits per heavy atom. The summed E-state index contributed by atoms with van der Waals surface area (Å²) in [5.41, 5.74) is 4.10. The van der Waals surface area contributed by atoms with Gasteiger partial charge in [0.15, 0.2) is 0 Å². The van der Waals surface area contributed by atoms with Crippen LogP contribution in [0.4, 0.5) is 0 Å². The molecule has 3 atom stereocenters. The fourth-order valence-electron chi connectivity index (χ4n) is 4.67. The Kier molecular flexibility index (Phi) is 2.84. The van der Waals surface area contributed by atoms with E-state index in [1.165, 1.54) is 16.7 Å². The molecule has 0 amide bonds. The molecule has 5 rings (SSSR count). The minimum Gasteiger partial charge on any atom is -0.0801 e. The van der Waals surface area contributed by atoms with Crippen molar-refractivity contribution < 1.29 is 0 Å². The summed E-state index contributed by atoms with van der Waals surface area (Å²) < 4.78 is 0. The third kappa shape index (κ3) is 1.74. The van der Waals surface area contributed by atoms with Crippen LogP contribution in [0.15, 0.2) is 120 Å². The topological polar surface area (TPSA) is 0 Å². The summed E-state index contributed by atoms with van der Waals surface area (Å²) >= 11 is 0. The van der Waals surface area contributed by atoms with E-state index in [2.05, 4.69) is 103 Å². The van der Waals surface area contributed by atoms with Crippen LogP contribution in [0.3, 0.4) is 0 Å². The molecule has 0 aliphatic heterocycles. The lowest BCUT2D eigenvalue weighted by atomic mass is 9.58. The van der Waals surface area contributed by atoms with Gasteiger partial charge >= 0.3 is 0 Å². The Balaban J connectivity index is 1.71. The third-order valence-electron chi connectivity index (χ3n) is 5.82. The molecule has 3 unspecified atom stereocenters. The van der Waals surface area contributed by atoms with Crippen molar-refractivity contribution in [2.45, 2.75) is 6.42 Å². The second-order valence-electron chi connectivity index (χ2n) is 7.06. The Labute approximate surface area is 143 Å². The molecule has 116 valence electrons. The van der Waals surface area contributed by atoms with Crippen molar-refractivity contribution in [3.8, 4) is 0 Å². The predicted octanol–water partition coefficient (Wildman–Crippen LogP) is 5.71. The van der Waals surface area contributed by atoms with E-state index in [-0.39, 0.29) is 10.8 Å². The maximum Gasteiger partial charge on any atom is 0.0448 e. The van der Waals surface area contributed by atoms with Crippen molar-refractivity contribution in [1.82, 2.24) is 0 Å². The molecule has 0 saturated carbocycles. The van der Waals surface area contributed by atoms with Crippen LogP contribution in [0.5, 0.6) is 0 Å². The predicted molar refractivity (Wildman–Crippen MR) is 101 cm³/mol. The number of rotatable bonds is 0. The Bertz CT molecular complexity index is 888. The third-order valence-corrected chi connectivity index (χ3v) is 5.82. The van der Waals surface area contributed by atoms with Gasteiger partial charge in [0.1, 0.15) is 0 Å². The van der Waals surface area contributed by atoms with E-state index in [1.54, 1.807) is 0 Å². The van der Waals surface area contributed by atoms with Crippen molar-refractivity contribution >= 4 is 0 Å². The Hall–Kier alpha value is -2.60. The SMILES string of the molecule is C1=CC=C2C(C=C1)C=CC21C=CC=CC12C=C1C=CC=CCC1=C2. The minimum atomic E-state index is -0.0922. The highest BCUT2D eigenvalue weighted by Crippen LogP contribution is 2.61. The zero-order valence-electron chi connectivity index (χ0n) is 13.6. The second kappa shape index (κ2) is 4.95. The quantitative estimate of drug-likeness (QED) is 0.503. The number of allylic oxidation sites excluding steroid dienone is 20. The molecule has 0 heterocycles. The number of hydrogen-bond donors (Lipinski definition) is 0. The van der Waals surface area contributed by atoms with Gasteiger partial charge in [0.2, 0.25) is 0 Å². The molecule has 0 fully saturated rings. The van der Waals surface area contributed by atoms with E-state index < -0.39 is 0 Å². The van der Waals surface area contributed by atoms with Crippen LogP contribution < -0.4 is 0 Å². The van der Waals surface area contributed by atoms with E-state index in [1.807, 2.05) is 0 Å². The summed E-state index contributed by atoms with van der Waals surface area (Å²) in [6.07, 6.45) is 39.8. The van der Waals surface area contributed by atoms with Gasteiger partial charge in [0, 0.05) is 16.7 Å². The van der Waals surface area contributed by atoms with E-state index in [9.17, 15) is 0 Å². The molecule has 0 nitrogen and oxygen atoms in total. The average molecular weight is 308 g/mol. The fourth-order valence-corrected chi connectivity index (χ4v) is 4.67. The number of fused-ring (bicyclic) bond motifs is 4. The zero-order chi connectivity index (χ0) is 16.0. The van der Waals surface area contributed by atoms with E-state index in [0.29, 0.717) is 5.92 Å². The summed E-state index contributed by atoms with van der Waals surface area (Å²) in [7, 11) is 0. The molecule has 2 spiro atoms. The lowest BCUT2D eigenvalue weighted by Crippen LogP contribution is -2.36. The normalized spacial score (nSPS) is 37.3. The maximum atomic E-state index is 2.49. The second-order valence-corrected chi connectivity index (χ2v) is 7.06. The molecule has 0 aromatic rings. The highest BCUT2D eigenvalue weighted by molar-refractivity contribution is 5.62. The molecule has 0 aromatic heterocycles. The zero-order valence-corrected chi connectivity index (χ0v) is 13.6. The van der Waals surface area contributed by atoms with Crippen molar-refractivity contribution in [1.29, 1.82) is 0 Å². The van der Waals surface area contributed by atoms with Gasteiger partial charge in [-0.3, -0.25) is 0 Å². The van der Waals surface area contributed by atoms with Gasteiger partial charge < -0.3 is 0 Å². The van der Waals surface area contributed by atoms with Gasteiger partial charge in [0.05, 0.1) is 0 Å². The molecule has 0 N–H and O–H groups in total. The summed E-state index contributed by atoms with van der Waals surface area (Å²) in [5.74, 6) is 0.394. The van der Waals surface area contributed by atoms with Crippen LogP contribution in [0, 0.1) is 16.7 Å².